The lowest BCUT2D eigenvalue weighted by Gasteiger charge is -2.24. The topological polar surface area (TPSA) is 84.5 Å². The SMILES string of the molecule is O=C1Nc2ccc(OC(F)(F)F)cc2C(C(=O)NCc2cccc(-c3ccccc3)c2)C1=O. The highest BCUT2D eigenvalue weighted by Gasteiger charge is 2.40. The number of rotatable bonds is 5. The van der Waals surface area contributed by atoms with Crippen LogP contribution in [0.5, 0.6) is 5.75 Å². The summed E-state index contributed by atoms with van der Waals surface area (Å²) in [5.41, 5.74) is 2.65. The van der Waals surface area contributed by atoms with Crippen molar-refractivity contribution < 1.29 is 32.3 Å². The molecule has 0 aliphatic carbocycles. The first kappa shape index (κ1) is 22.1. The van der Waals surface area contributed by atoms with Gasteiger partial charge < -0.3 is 15.4 Å². The Balaban J connectivity index is 1.55. The first-order chi connectivity index (χ1) is 15.7. The summed E-state index contributed by atoms with van der Waals surface area (Å²) in [4.78, 5) is 37.3. The smallest absolute Gasteiger partial charge is 0.406 e. The maximum atomic E-state index is 12.9. The molecule has 0 bridgehead atoms. The van der Waals surface area contributed by atoms with E-state index in [9.17, 15) is 27.6 Å². The van der Waals surface area contributed by atoms with E-state index >= 15 is 0 Å². The molecule has 9 heteroatoms. The van der Waals surface area contributed by atoms with Gasteiger partial charge in [-0.1, -0.05) is 48.5 Å². The van der Waals surface area contributed by atoms with Crippen LogP contribution in [0.3, 0.4) is 0 Å². The predicted octanol–water partition coefficient (Wildman–Crippen LogP) is 4.17. The van der Waals surface area contributed by atoms with Crippen molar-refractivity contribution in [2.75, 3.05) is 5.32 Å². The van der Waals surface area contributed by atoms with Crippen molar-refractivity contribution in [1.82, 2.24) is 5.32 Å². The number of anilines is 1. The average Bonchev–Trinajstić information content (AvgIpc) is 2.78. The van der Waals surface area contributed by atoms with E-state index in [-0.39, 0.29) is 17.8 Å². The van der Waals surface area contributed by atoms with Crippen LogP contribution < -0.4 is 15.4 Å². The summed E-state index contributed by atoms with van der Waals surface area (Å²) in [5.74, 6) is -5.08. The standard InChI is InChI=1S/C24H17F3N2O4/c25-24(26,27)33-17-9-10-19-18(12-17)20(21(30)23(32)29-19)22(31)28-13-14-5-4-8-16(11-14)15-6-2-1-3-7-15/h1-12,20H,13H2,(H,28,31)(H,29,32). The lowest BCUT2D eigenvalue weighted by atomic mass is 9.88. The Bertz CT molecular complexity index is 1230. The summed E-state index contributed by atoms with van der Waals surface area (Å²) >= 11 is 0. The average molecular weight is 454 g/mol. The number of nitrogens with one attached hydrogen (secondary N) is 2. The van der Waals surface area contributed by atoms with Gasteiger partial charge in [0.05, 0.1) is 0 Å². The molecule has 3 aromatic carbocycles. The van der Waals surface area contributed by atoms with Gasteiger partial charge in [0.25, 0.3) is 5.91 Å². The van der Waals surface area contributed by atoms with E-state index in [2.05, 4.69) is 15.4 Å². The lowest BCUT2D eigenvalue weighted by Crippen LogP contribution is -2.42. The van der Waals surface area contributed by atoms with Gasteiger partial charge in [-0.15, -0.1) is 13.2 Å². The van der Waals surface area contributed by atoms with Gasteiger partial charge in [-0.3, -0.25) is 14.4 Å². The number of hydrogen-bond donors (Lipinski definition) is 2. The fourth-order valence-corrected chi connectivity index (χ4v) is 3.59. The fourth-order valence-electron chi connectivity index (χ4n) is 3.59. The van der Waals surface area contributed by atoms with Crippen LogP contribution in [0.2, 0.25) is 0 Å². The van der Waals surface area contributed by atoms with Gasteiger partial charge in [-0.05, 0) is 46.5 Å². The highest BCUT2D eigenvalue weighted by Crippen LogP contribution is 2.35. The number of ketones is 1. The molecule has 33 heavy (non-hydrogen) atoms. The second-order valence-electron chi connectivity index (χ2n) is 7.33. The molecule has 1 heterocycles. The van der Waals surface area contributed by atoms with E-state index in [0.29, 0.717) is 0 Å². The third-order valence-electron chi connectivity index (χ3n) is 5.06. The molecule has 0 saturated heterocycles. The number of fused-ring (bicyclic) bond motifs is 1. The van der Waals surface area contributed by atoms with Crippen molar-refractivity contribution in [2.45, 2.75) is 18.8 Å². The van der Waals surface area contributed by atoms with Crippen LogP contribution in [0, 0.1) is 0 Å². The van der Waals surface area contributed by atoms with Gasteiger partial charge in [0.1, 0.15) is 11.7 Å². The molecule has 2 N–H and O–H groups in total. The summed E-state index contributed by atoms with van der Waals surface area (Å²) < 4.78 is 41.7. The number of halogens is 3. The Morgan fingerprint density at radius 1 is 0.939 bits per heavy atom. The number of ether oxygens (including phenoxy) is 1. The van der Waals surface area contributed by atoms with Gasteiger partial charge in [0, 0.05) is 12.2 Å². The maximum absolute atomic E-state index is 12.9. The zero-order valence-electron chi connectivity index (χ0n) is 17.0. The number of carbonyl (C=O) groups excluding carboxylic acids is 3. The number of carbonyl (C=O) groups is 3. The highest BCUT2D eigenvalue weighted by molar-refractivity contribution is 6.47. The molecule has 0 saturated carbocycles. The number of hydrogen-bond acceptors (Lipinski definition) is 4. The molecular formula is C24H17F3N2O4. The molecule has 6 nitrogen and oxygen atoms in total. The molecule has 3 aromatic rings. The van der Waals surface area contributed by atoms with Gasteiger partial charge >= 0.3 is 6.36 Å². The molecular weight excluding hydrogens is 437 g/mol. The van der Waals surface area contributed by atoms with Crippen LogP contribution in [0.15, 0.2) is 72.8 Å². The van der Waals surface area contributed by atoms with Crippen LogP contribution in [-0.2, 0) is 20.9 Å². The van der Waals surface area contributed by atoms with Crippen molar-refractivity contribution in [3.8, 4) is 16.9 Å². The van der Waals surface area contributed by atoms with Crippen LogP contribution in [0.4, 0.5) is 18.9 Å². The Morgan fingerprint density at radius 2 is 1.67 bits per heavy atom. The maximum Gasteiger partial charge on any atom is 0.573 e. The largest absolute Gasteiger partial charge is 0.573 e. The first-order valence-corrected chi connectivity index (χ1v) is 9.88. The quantitative estimate of drug-likeness (QED) is 0.448. The molecule has 0 aromatic heterocycles. The van der Waals surface area contributed by atoms with Crippen molar-refractivity contribution in [1.29, 1.82) is 0 Å². The second-order valence-corrected chi connectivity index (χ2v) is 7.33. The van der Waals surface area contributed by atoms with E-state index in [4.69, 9.17) is 0 Å². The Morgan fingerprint density at radius 3 is 2.39 bits per heavy atom. The molecule has 1 aliphatic rings. The van der Waals surface area contributed by atoms with E-state index in [1.165, 1.54) is 0 Å². The van der Waals surface area contributed by atoms with Gasteiger partial charge in [0.15, 0.2) is 0 Å². The molecule has 1 atom stereocenters. The van der Waals surface area contributed by atoms with Crippen LogP contribution in [0.1, 0.15) is 17.0 Å². The zero-order chi connectivity index (χ0) is 23.6. The molecule has 0 radical (unpaired) electrons. The van der Waals surface area contributed by atoms with Crippen molar-refractivity contribution >= 4 is 23.3 Å². The van der Waals surface area contributed by atoms with Crippen LogP contribution >= 0.6 is 0 Å². The van der Waals surface area contributed by atoms with Crippen molar-refractivity contribution in [3.63, 3.8) is 0 Å². The predicted molar refractivity (Wildman–Crippen MR) is 113 cm³/mol. The highest BCUT2D eigenvalue weighted by atomic mass is 19.4. The second kappa shape index (κ2) is 8.78. The van der Waals surface area contributed by atoms with Gasteiger partial charge in [-0.25, -0.2) is 0 Å². The molecule has 1 aliphatic heterocycles. The summed E-state index contributed by atoms with van der Waals surface area (Å²) in [7, 11) is 0. The molecule has 0 fully saturated rings. The minimum absolute atomic E-state index is 0.0545. The normalized spacial score (nSPS) is 15.4. The Labute approximate surface area is 186 Å². The van der Waals surface area contributed by atoms with Gasteiger partial charge in [-0.2, -0.15) is 0 Å². The monoisotopic (exact) mass is 454 g/mol. The molecule has 168 valence electrons. The molecule has 1 unspecified atom stereocenters. The van der Waals surface area contributed by atoms with Gasteiger partial charge in [0.2, 0.25) is 11.7 Å². The molecule has 2 amide bonds. The van der Waals surface area contributed by atoms with Crippen LogP contribution in [-0.4, -0.2) is 24.0 Å². The summed E-state index contributed by atoms with van der Waals surface area (Å²) in [5, 5.41) is 4.88. The number of amides is 2. The zero-order valence-corrected chi connectivity index (χ0v) is 17.0. The number of benzene rings is 3. The molecule has 0 spiro atoms. The number of Topliss-reactive ketones (excluding diaryl/α,β-unsaturated/α-hetero) is 1. The van der Waals surface area contributed by atoms with E-state index < -0.39 is 35.6 Å². The first-order valence-electron chi connectivity index (χ1n) is 9.88. The Hall–Kier alpha value is -4.14. The third-order valence-corrected chi connectivity index (χ3v) is 5.06. The minimum Gasteiger partial charge on any atom is -0.406 e. The van der Waals surface area contributed by atoms with E-state index in [0.717, 1.165) is 34.9 Å². The summed E-state index contributed by atoms with van der Waals surface area (Å²) in [6.45, 7) is 0.0545. The summed E-state index contributed by atoms with van der Waals surface area (Å²) in [6, 6.07) is 20.0. The minimum atomic E-state index is -4.95. The Kier molecular flexibility index (Phi) is 5.87. The number of alkyl halides is 3. The third kappa shape index (κ3) is 5.03. The lowest BCUT2D eigenvalue weighted by molar-refractivity contribution is -0.274. The van der Waals surface area contributed by atoms with E-state index in [1.807, 2.05) is 48.5 Å². The van der Waals surface area contributed by atoms with Crippen molar-refractivity contribution in [2.24, 2.45) is 0 Å². The molecule has 4 rings (SSSR count). The van der Waals surface area contributed by atoms with E-state index in [1.54, 1.807) is 6.07 Å². The van der Waals surface area contributed by atoms with Crippen molar-refractivity contribution in [3.05, 3.63) is 83.9 Å². The van der Waals surface area contributed by atoms with Crippen LogP contribution in [0.25, 0.3) is 11.1 Å². The fraction of sp³-hybridized carbons (Fsp3) is 0.125. The summed E-state index contributed by atoms with van der Waals surface area (Å²) in [6.07, 6.45) is -4.95.